The monoisotopic (exact) mass is 324 g/mol. The summed E-state index contributed by atoms with van der Waals surface area (Å²) in [4.78, 5) is 10.9. The van der Waals surface area contributed by atoms with Gasteiger partial charge in [0.05, 0.1) is 5.69 Å². The number of nitrogens with zero attached hydrogens (tertiary/aromatic N) is 2. The molecule has 0 aliphatic rings. The lowest BCUT2D eigenvalue weighted by molar-refractivity contribution is 0.0689. The highest BCUT2D eigenvalue weighted by atomic mass is 79.9. The van der Waals surface area contributed by atoms with Crippen molar-refractivity contribution in [2.45, 2.75) is 13.3 Å². The Labute approximate surface area is 118 Å². The molecule has 2 rings (SSSR count). The summed E-state index contributed by atoms with van der Waals surface area (Å²) in [6, 6.07) is 5.04. The molecule has 1 heterocycles. The molecule has 100 valence electrons. The van der Waals surface area contributed by atoms with Crippen molar-refractivity contribution in [3.63, 3.8) is 0 Å². The fourth-order valence-electron chi connectivity index (χ4n) is 1.94. The number of aryl methyl sites for hydroxylation is 2. The van der Waals surface area contributed by atoms with Gasteiger partial charge in [-0.15, -0.1) is 0 Å². The summed E-state index contributed by atoms with van der Waals surface area (Å²) in [6.07, 6.45) is 0.682. The van der Waals surface area contributed by atoms with Crippen molar-refractivity contribution in [1.29, 1.82) is 0 Å². The molecule has 5 nitrogen and oxygen atoms in total. The summed E-state index contributed by atoms with van der Waals surface area (Å²) in [5.41, 5.74) is 1.87. The van der Waals surface area contributed by atoms with Crippen LogP contribution in [-0.2, 0) is 13.5 Å². The van der Waals surface area contributed by atoms with Gasteiger partial charge in [-0.05, 0) is 30.2 Å². The highest BCUT2D eigenvalue weighted by Crippen LogP contribution is 2.35. The Morgan fingerprint density at radius 2 is 2.11 bits per heavy atom. The SMILES string of the molecule is CCc1cc(Br)cc(-c2cc(C(=O)O)nn2C)c1O. The zero-order valence-electron chi connectivity index (χ0n) is 10.5. The Hall–Kier alpha value is -1.82. The molecule has 0 spiro atoms. The third-order valence-electron chi connectivity index (χ3n) is 2.91. The van der Waals surface area contributed by atoms with E-state index in [2.05, 4.69) is 21.0 Å². The summed E-state index contributed by atoms with van der Waals surface area (Å²) in [5.74, 6) is -0.933. The first kappa shape index (κ1) is 13.6. The van der Waals surface area contributed by atoms with Gasteiger partial charge in [0.2, 0.25) is 0 Å². The van der Waals surface area contributed by atoms with Crippen LogP contribution in [0.4, 0.5) is 0 Å². The van der Waals surface area contributed by atoms with Crippen LogP contribution in [0.25, 0.3) is 11.3 Å². The number of benzene rings is 1. The van der Waals surface area contributed by atoms with Crippen LogP contribution in [-0.4, -0.2) is 26.0 Å². The van der Waals surface area contributed by atoms with Crippen LogP contribution in [0.2, 0.25) is 0 Å². The van der Waals surface area contributed by atoms with E-state index in [0.717, 1.165) is 10.0 Å². The molecule has 0 atom stereocenters. The van der Waals surface area contributed by atoms with Gasteiger partial charge in [0.25, 0.3) is 0 Å². The maximum atomic E-state index is 10.9. The Balaban J connectivity index is 2.65. The Kier molecular flexibility index (Phi) is 3.61. The summed E-state index contributed by atoms with van der Waals surface area (Å²) in [5, 5.41) is 23.1. The number of carbonyl (C=O) groups is 1. The Morgan fingerprint density at radius 1 is 1.42 bits per heavy atom. The van der Waals surface area contributed by atoms with Gasteiger partial charge in [0.15, 0.2) is 5.69 Å². The van der Waals surface area contributed by atoms with E-state index in [4.69, 9.17) is 5.11 Å². The number of halogens is 1. The van der Waals surface area contributed by atoms with Crippen molar-refractivity contribution in [1.82, 2.24) is 9.78 Å². The van der Waals surface area contributed by atoms with Crippen molar-refractivity contribution >= 4 is 21.9 Å². The van der Waals surface area contributed by atoms with Gasteiger partial charge in [-0.1, -0.05) is 22.9 Å². The van der Waals surface area contributed by atoms with Gasteiger partial charge in [0, 0.05) is 17.1 Å². The number of aromatic hydroxyl groups is 1. The van der Waals surface area contributed by atoms with E-state index >= 15 is 0 Å². The first-order valence-corrected chi connectivity index (χ1v) is 6.52. The van der Waals surface area contributed by atoms with Crippen LogP contribution in [0.5, 0.6) is 5.75 Å². The summed E-state index contributed by atoms with van der Waals surface area (Å²) in [7, 11) is 1.65. The van der Waals surface area contributed by atoms with Gasteiger partial charge in [0.1, 0.15) is 5.75 Å². The van der Waals surface area contributed by atoms with Crippen LogP contribution in [0.15, 0.2) is 22.7 Å². The van der Waals surface area contributed by atoms with E-state index in [-0.39, 0.29) is 11.4 Å². The number of aromatic carboxylic acids is 1. The van der Waals surface area contributed by atoms with Gasteiger partial charge >= 0.3 is 5.97 Å². The molecule has 0 unspecified atom stereocenters. The second-order valence-electron chi connectivity index (χ2n) is 4.16. The summed E-state index contributed by atoms with van der Waals surface area (Å²) >= 11 is 3.39. The van der Waals surface area contributed by atoms with Crippen molar-refractivity contribution in [3.05, 3.63) is 33.9 Å². The fourth-order valence-corrected chi connectivity index (χ4v) is 2.45. The molecule has 0 bridgehead atoms. The second kappa shape index (κ2) is 5.05. The highest BCUT2D eigenvalue weighted by Gasteiger charge is 2.17. The van der Waals surface area contributed by atoms with Crippen LogP contribution < -0.4 is 0 Å². The highest BCUT2D eigenvalue weighted by molar-refractivity contribution is 9.10. The lowest BCUT2D eigenvalue weighted by atomic mass is 10.0. The van der Waals surface area contributed by atoms with Crippen LogP contribution >= 0.6 is 15.9 Å². The van der Waals surface area contributed by atoms with Crippen molar-refractivity contribution in [2.75, 3.05) is 0 Å². The zero-order valence-corrected chi connectivity index (χ0v) is 12.1. The third kappa shape index (κ3) is 2.49. The molecule has 0 aliphatic heterocycles. The average Bonchev–Trinajstić information content (AvgIpc) is 2.74. The Morgan fingerprint density at radius 3 is 2.63 bits per heavy atom. The number of hydrogen-bond acceptors (Lipinski definition) is 3. The predicted molar refractivity (Wildman–Crippen MR) is 74.3 cm³/mol. The number of aromatic nitrogens is 2. The maximum Gasteiger partial charge on any atom is 0.356 e. The van der Waals surface area contributed by atoms with Crippen molar-refractivity contribution in [3.8, 4) is 17.0 Å². The molecule has 0 saturated carbocycles. The third-order valence-corrected chi connectivity index (χ3v) is 3.37. The second-order valence-corrected chi connectivity index (χ2v) is 5.07. The van der Waals surface area contributed by atoms with E-state index < -0.39 is 5.97 Å². The molecule has 19 heavy (non-hydrogen) atoms. The number of phenols is 1. The molecule has 0 radical (unpaired) electrons. The number of carboxylic acid groups (broad SMARTS) is 1. The minimum atomic E-state index is -1.09. The summed E-state index contributed by atoms with van der Waals surface area (Å²) < 4.78 is 2.28. The van der Waals surface area contributed by atoms with E-state index in [1.807, 2.05) is 13.0 Å². The van der Waals surface area contributed by atoms with Crippen molar-refractivity contribution < 1.29 is 15.0 Å². The smallest absolute Gasteiger partial charge is 0.356 e. The van der Waals surface area contributed by atoms with Crippen LogP contribution in [0, 0.1) is 0 Å². The number of carboxylic acids is 1. The minimum Gasteiger partial charge on any atom is -0.507 e. The number of phenolic OH excluding ortho intramolecular Hbond substituents is 1. The number of hydrogen-bond donors (Lipinski definition) is 2. The molecule has 0 saturated heterocycles. The van der Waals surface area contributed by atoms with Crippen LogP contribution in [0.1, 0.15) is 23.0 Å². The number of rotatable bonds is 3. The standard InChI is InChI=1S/C13H13BrN2O3/c1-3-7-4-8(14)5-9(12(7)17)11-6-10(13(18)19)15-16(11)2/h4-6,17H,3H2,1-2H3,(H,18,19). The molecule has 6 heteroatoms. The van der Waals surface area contributed by atoms with Gasteiger partial charge < -0.3 is 10.2 Å². The molecule has 2 N–H and O–H groups in total. The van der Waals surface area contributed by atoms with Gasteiger partial charge in [-0.3, -0.25) is 4.68 Å². The largest absolute Gasteiger partial charge is 0.507 e. The first-order chi connectivity index (χ1) is 8.93. The topological polar surface area (TPSA) is 75.3 Å². The molecule has 1 aromatic heterocycles. The van der Waals surface area contributed by atoms with E-state index in [1.165, 1.54) is 10.7 Å². The molecule has 0 fully saturated rings. The quantitative estimate of drug-likeness (QED) is 0.910. The average molecular weight is 325 g/mol. The fraction of sp³-hybridized carbons (Fsp3) is 0.231. The van der Waals surface area contributed by atoms with E-state index in [9.17, 15) is 9.90 Å². The molecule has 0 amide bonds. The van der Waals surface area contributed by atoms with E-state index in [0.29, 0.717) is 17.7 Å². The molecular weight excluding hydrogens is 312 g/mol. The lowest BCUT2D eigenvalue weighted by Crippen LogP contribution is -1.99. The van der Waals surface area contributed by atoms with Gasteiger partial charge in [-0.2, -0.15) is 5.10 Å². The van der Waals surface area contributed by atoms with Gasteiger partial charge in [-0.25, -0.2) is 4.79 Å². The normalized spacial score (nSPS) is 10.7. The lowest BCUT2D eigenvalue weighted by Gasteiger charge is -2.10. The molecule has 2 aromatic rings. The first-order valence-electron chi connectivity index (χ1n) is 5.73. The maximum absolute atomic E-state index is 10.9. The summed E-state index contributed by atoms with van der Waals surface area (Å²) in [6.45, 7) is 1.94. The molecule has 0 aliphatic carbocycles. The van der Waals surface area contributed by atoms with Crippen LogP contribution in [0.3, 0.4) is 0 Å². The predicted octanol–water partition coefficient (Wildman–Crippen LogP) is 2.82. The van der Waals surface area contributed by atoms with Crippen molar-refractivity contribution in [2.24, 2.45) is 7.05 Å². The molecule has 1 aromatic carbocycles. The Bertz CT molecular complexity index is 650. The minimum absolute atomic E-state index is 0.0464. The van der Waals surface area contributed by atoms with E-state index in [1.54, 1.807) is 13.1 Å². The molecular formula is C13H13BrN2O3. The zero-order chi connectivity index (χ0) is 14.2.